The minimum absolute atomic E-state index is 0.0400. The predicted octanol–water partition coefficient (Wildman–Crippen LogP) is 4.36. The number of carbonyl (C=O) groups excluding carboxylic acids is 1. The van der Waals surface area contributed by atoms with E-state index in [-0.39, 0.29) is 5.91 Å². The first-order chi connectivity index (χ1) is 15.7. The monoisotopic (exact) mass is 447 g/mol. The molecule has 164 valence electrons. The SMILES string of the molecule is Cc1cccc(OCCNC(=O)CSc2nnc(-c3c[nH]c4ccccc34)n2C2CC2)c1. The van der Waals surface area contributed by atoms with Gasteiger partial charge in [-0.15, -0.1) is 10.2 Å². The Balaban J connectivity index is 1.19. The Morgan fingerprint density at radius 2 is 2.09 bits per heavy atom. The quantitative estimate of drug-likeness (QED) is 0.294. The number of nitrogens with one attached hydrogen (secondary N) is 2. The number of benzene rings is 2. The summed E-state index contributed by atoms with van der Waals surface area (Å²) in [4.78, 5) is 15.7. The molecule has 4 aromatic rings. The topological polar surface area (TPSA) is 84.8 Å². The van der Waals surface area contributed by atoms with E-state index in [0.29, 0.717) is 24.9 Å². The van der Waals surface area contributed by atoms with E-state index in [0.717, 1.165) is 51.6 Å². The molecule has 8 heteroatoms. The molecule has 0 bridgehead atoms. The lowest BCUT2D eigenvalue weighted by molar-refractivity contribution is -0.118. The van der Waals surface area contributed by atoms with E-state index in [1.807, 2.05) is 49.5 Å². The van der Waals surface area contributed by atoms with Gasteiger partial charge in [-0.05, 0) is 43.5 Å². The maximum atomic E-state index is 12.3. The van der Waals surface area contributed by atoms with Crippen LogP contribution in [0, 0.1) is 6.92 Å². The molecular weight excluding hydrogens is 422 g/mol. The van der Waals surface area contributed by atoms with Crippen LogP contribution in [0.4, 0.5) is 0 Å². The number of H-pyrrole nitrogens is 1. The highest BCUT2D eigenvalue weighted by Crippen LogP contribution is 2.42. The maximum Gasteiger partial charge on any atom is 0.230 e. The first-order valence-electron chi connectivity index (χ1n) is 10.8. The van der Waals surface area contributed by atoms with E-state index in [4.69, 9.17) is 4.74 Å². The first kappa shape index (κ1) is 20.6. The second-order valence-electron chi connectivity index (χ2n) is 7.96. The molecule has 2 aromatic heterocycles. The molecule has 0 saturated heterocycles. The van der Waals surface area contributed by atoms with Crippen molar-refractivity contribution in [2.75, 3.05) is 18.9 Å². The Kier molecular flexibility index (Phi) is 5.85. The molecule has 1 fully saturated rings. The summed E-state index contributed by atoms with van der Waals surface area (Å²) in [5.74, 6) is 1.93. The number of thioether (sulfide) groups is 1. The summed E-state index contributed by atoms with van der Waals surface area (Å²) < 4.78 is 7.88. The van der Waals surface area contributed by atoms with Crippen LogP contribution in [0.3, 0.4) is 0 Å². The average molecular weight is 448 g/mol. The fourth-order valence-corrected chi connectivity index (χ4v) is 4.56. The average Bonchev–Trinajstić information content (AvgIpc) is 3.41. The highest BCUT2D eigenvalue weighted by atomic mass is 32.2. The lowest BCUT2D eigenvalue weighted by Gasteiger charge is -2.09. The maximum absolute atomic E-state index is 12.3. The molecule has 2 N–H and O–H groups in total. The van der Waals surface area contributed by atoms with Crippen molar-refractivity contribution in [3.05, 3.63) is 60.3 Å². The number of aromatic nitrogens is 4. The number of hydrogen-bond acceptors (Lipinski definition) is 5. The fraction of sp³-hybridized carbons (Fsp3) is 0.292. The van der Waals surface area contributed by atoms with Gasteiger partial charge in [0.25, 0.3) is 0 Å². The summed E-state index contributed by atoms with van der Waals surface area (Å²) in [5.41, 5.74) is 3.27. The molecule has 32 heavy (non-hydrogen) atoms. The van der Waals surface area contributed by atoms with Gasteiger partial charge in [-0.1, -0.05) is 42.1 Å². The smallest absolute Gasteiger partial charge is 0.230 e. The largest absolute Gasteiger partial charge is 0.492 e. The normalized spacial score (nSPS) is 13.4. The van der Waals surface area contributed by atoms with E-state index < -0.39 is 0 Å². The minimum atomic E-state index is -0.0400. The van der Waals surface area contributed by atoms with Gasteiger partial charge in [0, 0.05) is 28.7 Å². The van der Waals surface area contributed by atoms with E-state index >= 15 is 0 Å². The number of amides is 1. The second-order valence-corrected chi connectivity index (χ2v) is 8.90. The summed E-state index contributed by atoms with van der Waals surface area (Å²) >= 11 is 1.43. The highest BCUT2D eigenvalue weighted by Gasteiger charge is 2.31. The summed E-state index contributed by atoms with van der Waals surface area (Å²) in [6.07, 6.45) is 4.22. The zero-order valence-electron chi connectivity index (χ0n) is 17.9. The summed E-state index contributed by atoms with van der Waals surface area (Å²) in [6, 6.07) is 16.5. The Bertz CT molecular complexity index is 1240. The fourth-order valence-electron chi connectivity index (χ4n) is 3.72. The summed E-state index contributed by atoms with van der Waals surface area (Å²) in [6.45, 7) is 2.92. The van der Waals surface area contributed by atoms with Gasteiger partial charge in [0.2, 0.25) is 5.91 Å². The molecule has 0 atom stereocenters. The standard InChI is InChI=1S/C24H25N5O2S/c1-16-5-4-6-18(13-16)31-12-11-25-22(30)15-32-24-28-27-23(29(24)17-9-10-17)20-14-26-21-8-3-2-7-19(20)21/h2-8,13-14,17,26H,9-12,15H2,1H3,(H,25,30). The number of para-hydroxylation sites is 1. The molecule has 0 radical (unpaired) electrons. The van der Waals surface area contributed by atoms with E-state index in [1.54, 1.807) is 0 Å². The van der Waals surface area contributed by atoms with Gasteiger partial charge >= 0.3 is 0 Å². The third-order valence-electron chi connectivity index (χ3n) is 5.42. The van der Waals surface area contributed by atoms with Gasteiger partial charge in [0.05, 0.1) is 12.3 Å². The Labute approximate surface area is 190 Å². The number of hydrogen-bond donors (Lipinski definition) is 2. The first-order valence-corrected chi connectivity index (χ1v) is 11.8. The van der Waals surface area contributed by atoms with E-state index in [1.165, 1.54) is 11.8 Å². The van der Waals surface area contributed by atoms with Crippen LogP contribution >= 0.6 is 11.8 Å². The third-order valence-corrected chi connectivity index (χ3v) is 6.36. The second kappa shape index (κ2) is 9.08. The number of carbonyl (C=O) groups is 1. The number of rotatable bonds is 9. The van der Waals surface area contributed by atoms with Gasteiger partial charge in [0.1, 0.15) is 12.4 Å². The number of aryl methyl sites for hydroxylation is 1. The van der Waals surface area contributed by atoms with Crippen LogP contribution in [0.25, 0.3) is 22.3 Å². The molecular formula is C24H25N5O2S. The van der Waals surface area contributed by atoms with Gasteiger partial charge < -0.3 is 15.0 Å². The number of nitrogens with zero attached hydrogens (tertiary/aromatic N) is 3. The molecule has 0 spiro atoms. The molecule has 2 aromatic carbocycles. The van der Waals surface area contributed by atoms with E-state index in [2.05, 4.69) is 37.2 Å². The van der Waals surface area contributed by atoms with Crippen molar-refractivity contribution in [2.45, 2.75) is 31.0 Å². The lowest BCUT2D eigenvalue weighted by Crippen LogP contribution is -2.29. The molecule has 2 heterocycles. The Morgan fingerprint density at radius 1 is 1.22 bits per heavy atom. The zero-order valence-corrected chi connectivity index (χ0v) is 18.7. The van der Waals surface area contributed by atoms with Crippen molar-refractivity contribution in [1.29, 1.82) is 0 Å². The molecule has 7 nitrogen and oxygen atoms in total. The van der Waals surface area contributed by atoms with Crippen molar-refractivity contribution in [3.8, 4) is 17.1 Å². The van der Waals surface area contributed by atoms with Crippen LogP contribution in [0.5, 0.6) is 5.75 Å². The minimum Gasteiger partial charge on any atom is -0.492 e. The summed E-state index contributed by atoms with van der Waals surface area (Å²) in [7, 11) is 0. The molecule has 1 saturated carbocycles. The molecule has 5 rings (SSSR count). The van der Waals surface area contributed by atoms with Crippen molar-refractivity contribution >= 4 is 28.6 Å². The Morgan fingerprint density at radius 3 is 2.94 bits per heavy atom. The van der Waals surface area contributed by atoms with Crippen LogP contribution in [0.2, 0.25) is 0 Å². The van der Waals surface area contributed by atoms with Crippen LogP contribution in [-0.4, -0.2) is 44.6 Å². The van der Waals surface area contributed by atoms with Crippen molar-refractivity contribution < 1.29 is 9.53 Å². The van der Waals surface area contributed by atoms with Crippen LogP contribution in [0.15, 0.2) is 59.9 Å². The summed E-state index contributed by atoms with van der Waals surface area (Å²) in [5, 5.41) is 13.7. The molecule has 0 aliphatic heterocycles. The molecule has 1 aliphatic carbocycles. The zero-order chi connectivity index (χ0) is 21.9. The van der Waals surface area contributed by atoms with Gasteiger partial charge in [0.15, 0.2) is 11.0 Å². The molecule has 0 unspecified atom stereocenters. The van der Waals surface area contributed by atoms with Gasteiger partial charge in [-0.25, -0.2) is 0 Å². The number of aromatic amines is 1. The Hall–Kier alpha value is -3.26. The van der Waals surface area contributed by atoms with Crippen LogP contribution in [0.1, 0.15) is 24.4 Å². The van der Waals surface area contributed by atoms with Gasteiger partial charge in [-0.2, -0.15) is 0 Å². The van der Waals surface area contributed by atoms with Crippen LogP contribution < -0.4 is 10.1 Å². The van der Waals surface area contributed by atoms with E-state index in [9.17, 15) is 4.79 Å². The predicted molar refractivity (Wildman–Crippen MR) is 126 cm³/mol. The van der Waals surface area contributed by atoms with Crippen LogP contribution in [-0.2, 0) is 4.79 Å². The highest BCUT2D eigenvalue weighted by molar-refractivity contribution is 7.99. The van der Waals surface area contributed by atoms with Crippen molar-refractivity contribution in [1.82, 2.24) is 25.1 Å². The van der Waals surface area contributed by atoms with Crippen molar-refractivity contribution in [3.63, 3.8) is 0 Å². The lowest BCUT2D eigenvalue weighted by atomic mass is 10.1. The number of fused-ring (bicyclic) bond motifs is 1. The molecule has 1 amide bonds. The van der Waals surface area contributed by atoms with Crippen molar-refractivity contribution in [2.24, 2.45) is 0 Å². The number of ether oxygens (including phenoxy) is 1. The third kappa shape index (κ3) is 4.50. The van der Waals surface area contributed by atoms with Gasteiger partial charge in [-0.3, -0.25) is 9.36 Å². The molecule has 1 aliphatic rings.